The van der Waals surface area contributed by atoms with Crippen LogP contribution in [0.3, 0.4) is 0 Å². The number of nitrogens with zero attached hydrogens (tertiary/aromatic N) is 1. The molecule has 1 aromatic carbocycles. The van der Waals surface area contributed by atoms with Gasteiger partial charge in [-0.25, -0.2) is 4.39 Å². The van der Waals surface area contributed by atoms with Crippen LogP contribution in [0.1, 0.15) is 25.3 Å². The molecule has 2 heterocycles. The molecule has 1 aromatic rings. The summed E-state index contributed by atoms with van der Waals surface area (Å²) in [5.74, 6) is -6.96. The summed E-state index contributed by atoms with van der Waals surface area (Å²) in [6.45, 7) is 1.96. The van der Waals surface area contributed by atoms with E-state index in [1.807, 2.05) is 0 Å². The van der Waals surface area contributed by atoms with Crippen LogP contribution in [0.2, 0.25) is 0 Å². The molecule has 0 spiro atoms. The molecule has 0 radical (unpaired) electrons. The first kappa shape index (κ1) is 25.2. The molecule has 184 valence electrons. The number of methoxy groups -OCH3 is 1. The van der Waals surface area contributed by atoms with Crippen molar-refractivity contribution in [2.24, 2.45) is 5.92 Å². The highest BCUT2D eigenvalue weighted by Crippen LogP contribution is 2.54. The van der Waals surface area contributed by atoms with E-state index in [0.717, 1.165) is 26.2 Å². The van der Waals surface area contributed by atoms with E-state index >= 15 is 0 Å². The molecule has 7 nitrogen and oxygen atoms in total. The van der Waals surface area contributed by atoms with Gasteiger partial charge in [0.2, 0.25) is 17.6 Å². The molecular weight excluding hydrogens is 455 g/mol. The maximum absolute atomic E-state index is 14.3. The number of halogens is 5. The zero-order valence-corrected chi connectivity index (χ0v) is 18.5. The Kier molecular flexibility index (Phi) is 6.90. The van der Waals surface area contributed by atoms with Gasteiger partial charge >= 0.3 is 6.18 Å². The molecule has 0 aromatic heterocycles. The van der Waals surface area contributed by atoms with Crippen LogP contribution in [0.15, 0.2) is 12.1 Å². The number of likely N-dealkylation sites (N-methyl/N-ethyl adjacent to an activating group) is 1. The average Bonchev–Trinajstić information content (AvgIpc) is 3.02. The van der Waals surface area contributed by atoms with Gasteiger partial charge in [-0.2, -0.15) is 17.6 Å². The van der Waals surface area contributed by atoms with E-state index in [-0.39, 0.29) is 31.2 Å². The molecule has 2 saturated heterocycles. The molecule has 0 aliphatic carbocycles. The number of carbonyl (C=O) groups is 2. The quantitative estimate of drug-likeness (QED) is 0.655. The number of rotatable bonds is 5. The van der Waals surface area contributed by atoms with E-state index in [4.69, 9.17) is 14.2 Å². The lowest BCUT2D eigenvalue weighted by Crippen LogP contribution is -2.50. The summed E-state index contributed by atoms with van der Waals surface area (Å²) in [6, 6.07) is 1.86. The highest BCUT2D eigenvalue weighted by atomic mass is 19.4. The van der Waals surface area contributed by atoms with Gasteiger partial charge in [0.05, 0.1) is 13.2 Å². The zero-order valence-electron chi connectivity index (χ0n) is 18.5. The van der Waals surface area contributed by atoms with E-state index < -0.39 is 59.1 Å². The Hall–Kier alpha value is -2.47. The van der Waals surface area contributed by atoms with E-state index in [9.17, 15) is 31.5 Å². The van der Waals surface area contributed by atoms with Crippen molar-refractivity contribution < 1.29 is 45.8 Å². The number of alkyl halides is 3. The molecule has 0 saturated carbocycles. The SMILES string of the molecule is COc1c([C@H]2[C@H](C(=O)NC[C@H]3CN(C)C(=O)CO3)O[C@@](C)(C(F)(F)F)[C@H]2C)ccc(F)c1F. The Bertz CT molecular complexity index is 927. The van der Waals surface area contributed by atoms with E-state index in [1.54, 1.807) is 7.05 Å². The molecule has 2 aliphatic rings. The fourth-order valence-electron chi connectivity index (χ4n) is 4.24. The second-order valence-corrected chi connectivity index (χ2v) is 8.39. The minimum absolute atomic E-state index is 0.0882. The van der Waals surface area contributed by atoms with Gasteiger partial charge in [-0.3, -0.25) is 9.59 Å². The van der Waals surface area contributed by atoms with Crippen LogP contribution in [0.25, 0.3) is 0 Å². The first-order valence-corrected chi connectivity index (χ1v) is 10.2. The normalized spacial score (nSPS) is 30.5. The number of carbonyl (C=O) groups excluding carboxylic acids is 2. The number of nitrogens with one attached hydrogen (secondary N) is 1. The zero-order chi connectivity index (χ0) is 24.7. The van der Waals surface area contributed by atoms with Crippen LogP contribution in [0.5, 0.6) is 5.75 Å². The minimum atomic E-state index is -4.85. The standard InChI is InChI=1S/C21H25F5N2O5/c1-10-15(12-5-6-13(22)16(23)17(12)31-4)18(33-20(10,2)21(24,25)26)19(30)27-7-11-8-28(3)14(29)9-32-11/h5-6,10-11,15,18H,7-9H2,1-4H3,(H,27,30)/t10-,11-,15-,18+,20+/m0/s1. The number of ether oxygens (including phenoxy) is 3. The van der Waals surface area contributed by atoms with Gasteiger partial charge in [0, 0.05) is 37.5 Å². The third-order valence-electron chi connectivity index (χ3n) is 6.42. The second-order valence-electron chi connectivity index (χ2n) is 8.39. The molecule has 3 rings (SSSR count). The number of morpholine rings is 1. The predicted octanol–water partition coefficient (Wildman–Crippen LogP) is 2.39. The maximum atomic E-state index is 14.3. The summed E-state index contributed by atoms with van der Waals surface area (Å²) < 4.78 is 85.4. The Balaban J connectivity index is 1.91. The number of hydrogen-bond acceptors (Lipinski definition) is 5. The first-order valence-electron chi connectivity index (χ1n) is 10.2. The van der Waals surface area contributed by atoms with Crippen molar-refractivity contribution >= 4 is 11.8 Å². The Labute approximate surface area is 187 Å². The van der Waals surface area contributed by atoms with Gasteiger partial charge in [-0.15, -0.1) is 0 Å². The van der Waals surface area contributed by atoms with Crippen molar-refractivity contribution in [2.45, 2.75) is 43.8 Å². The second kappa shape index (κ2) is 9.05. The molecule has 2 amide bonds. The number of amides is 2. The van der Waals surface area contributed by atoms with Gasteiger partial charge in [0.25, 0.3) is 0 Å². The van der Waals surface area contributed by atoms with Crippen molar-refractivity contribution in [3.8, 4) is 5.75 Å². The van der Waals surface area contributed by atoms with Crippen molar-refractivity contribution in [2.75, 3.05) is 33.9 Å². The largest absolute Gasteiger partial charge is 0.493 e. The van der Waals surface area contributed by atoms with Crippen LogP contribution in [-0.2, 0) is 19.1 Å². The number of hydrogen-bond donors (Lipinski definition) is 1. The first-order chi connectivity index (χ1) is 15.3. The van der Waals surface area contributed by atoms with Crippen LogP contribution in [0.4, 0.5) is 22.0 Å². The van der Waals surface area contributed by atoms with Gasteiger partial charge in [-0.05, 0) is 13.0 Å². The summed E-state index contributed by atoms with van der Waals surface area (Å²) in [6.07, 6.45) is -7.09. The maximum Gasteiger partial charge on any atom is 0.417 e. The molecule has 12 heteroatoms. The lowest BCUT2D eigenvalue weighted by molar-refractivity contribution is -0.272. The van der Waals surface area contributed by atoms with Crippen molar-refractivity contribution in [1.82, 2.24) is 10.2 Å². The van der Waals surface area contributed by atoms with E-state index in [2.05, 4.69) is 5.32 Å². The highest BCUT2D eigenvalue weighted by Gasteiger charge is 2.65. The molecule has 1 N–H and O–H groups in total. The lowest BCUT2D eigenvalue weighted by Gasteiger charge is -2.32. The van der Waals surface area contributed by atoms with Crippen molar-refractivity contribution in [3.63, 3.8) is 0 Å². The fraction of sp³-hybridized carbons (Fsp3) is 0.619. The fourth-order valence-corrected chi connectivity index (χ4v) is 4.24. The van der Waals surface area contributed by atoms with Crippen molar-refractivity contribution in [1.29, 1.82) is 0 Å². The summed E-state index contributed by atoms with van der Waals surface area (Å²) in [7, 11) is 2.61. The molecule has 0 unspecified atom stereocenters. The monoisotopic (exact) mass is 480 g/mol. The Morgan fingerprint density at radius 1 is 1.33 bits per heavy atom. The Morgan fingerprint density at radius 2 is 2.00 bits per heavy atom. The van der Waals surface area contributed by atoms with Gasteiger partial charge in [0.1, 0.15) is 12.7 Å². The minimum Gasteiger partial charge on any atom is -0.493 e. The molecule has 0 bridgehead atoms. The van der Waals surface area contributed by atoms with E-state index in [1.165, 1.54) is 11.8 Å². The molecule has 33 heavy (non-hydrogen) atoms. The van der Waals surface area contributed by atoms with Crippen LogP contribution in [-0.4, -0.2) is 74.6 Å². The van der Waals surface area contributed by atoms with Crippen LogP contribution >= 0.6 is 0 Å². The molecule has 2 fully saturated rings. The highest BCUT2D eigenvalue weighted by molar-refractivity contribution is 5.83. The average molecular weight is 480 g/mol. The van der Waals surface area contributed by atoms with Gasteiger partial charge < -0.3 is 24.4 Å². The van der Waals surface area contributed by atoms with E-state index in [0.29, 0.717) is 0 Å². The summed E-state index contributed by atoms with van der Waals surface area (Å²) in [5, 5.41) is 2.50. The van der Waals surface area contributed by atoms with Crippen molar-refractivity contribution in [3.05, 3.63) is 29.3 Å². The van der Waals surface area contributed by atoms with Crippen LogP contribution in [0, 0.1) is 17.6 Å². The third-order valence-corrected chi connectivity index (χ3v) is 6.42. The van der Waals surface area contributed by atoms with Crippen LogP contribution < -0.4 is 10.1 Å². The molecule has 2 aliphatic heterocycles. The summed E-state index contributed by atoms with van der Waals surface area (Å²) >= 11 is 0. The van der Waals surface area contributed by atoms with Gasteiger partial charge in [-0.1, -0.05) is 13.0 Å². The smallest absolute Gasteiger partial charge is 0.417 e. The Morgan fingerprint density at radius 3 is 2.58 bits per heavy atom. The molecule has 5 atom stereocenters. The molecular formula is C21H25F5N2O5. The van der Waals surface area contributed by atoms with Gasteiger partial charge in [0.15, 0.2) is 17.2 Å². The lowest BCUT2D eigenvalue weighted by atomic mass is 9.77. The predicted molar refractivity (Wildman–Crippen MR) is 105 cm³/mol. The number of benzene rings is 1. The summed E-state index contributed by atoms with van der Waals surface area (Å²) in [4.78, 5) is 25.9. The third kappa shape index (κ3) is 4.50. The summed E-state index contributed by atoms with van der Waals surface area (Å²) in [5.41, 5.74) is -2.85. The topological polar surface area (TPSA) is 77.1 Å².